The summed E-state index contributed by atoms with van der Waals surface area (Å²) in [7, 11) is 0. The Morgan fingerprint density at radius 1 is 0.861 bits per heavy atom. The van der Waals surface area contributed by atoms with Crippen molar-refractivity contribution < 1.29 is 62.5 Å². The predicted molar refractivity (Wildman–Crippen MR) is 96.6 cm³/mol. The van der Waals surface area contributed by atoms with Crippen LogP contribution in [0, 0.1) is 26.1 Å². The largest absolute Gasteiger partial charge is 0.393 e. The van der Waals surface area contributed by atoms with Crippen molar-refractivity contribution >= 4 is 34.9 Å². The van der Waals surface area contributed by atoms with E-state index in [1.165, 1.54) is 0 Å². The van der Waals surface area contributed by atoms with Gasteiger partial charge in [-0.15, -0.1) is 0 Å². The first kappa shape index (κ1) is 31.0. The van der Waals surface area contributed by atoms with Crippen molar-refractivity contribution in [3.63, 3.8) is 0 Å². The Kier molecular flexibility index (Phi) is 8.11. The molecule has 0 aliphatic rings. The molecule has 0 spiro atoms. The van der Waals surface area contributed by atoms with E-state index in [1.54, 1.807) is 5.43 Å². The summed E-state index contributed by atoms with van der Waals surface area (Å²) in [4.78, 5) is 19.2. The Hall–Kier alpha value is -3.06. The van der Waals surface area contributed by atoms with Crippen molar-refractivity contribution in [2.24, 2.45) is 11.0 Å². The Morgan fingerprint density at radius 2 is 1.33 bits per heavy atom. The van der Waals surface area contributed by atoms with Gasteiger partial charge < -0.3 is 0 Å². The van der Waals surface area contributed by atoms with E-state index in [4.69, 9.17) is 0 Å². The standard InChI is InChI=1S/C15H9ClF12N4O4/c1-6(5-29-30-8-3-2-7(31(33)34)4-9(8)32(35)36)10(17,18)11(19,20)12(21,22)13(23,24)14(25,26)15(16,27)28/h2-6,30H,1H3. The zero-order valence-electron chi connectivity index (χ0n) is 16.8. The van der Waals surface area contributed by atoms with Gasteiger partial charge in [0.05, 0.1) is 21.8 Å². The van der Waals surface area contributed by atoms with Gasteiger partial charge in [-0.25, -0.2) is 0 Å². The summed E-state index contributed by atoms with van der Waals surface area (Å²) in [5.41, 5.74) is -1.15. The highest BCUT2D eigenvalue weighted by molar-refractivity contribution is 6.22. The third kappa shape index (κ3) is 4.94. The van der Waals surface area contributed by atoms with E-state index < -0.39 is 67.8 Å². The number of halogens is 13. The van der Waals surface area contributed by atoms with Crippen LogP contribution in [0.1, 0.15) is 6.92 Å². The summed E-state index contributed by atoms with van der Waals surface area (Å²) in [6.07, 6.45) is -0.387. The maximum atomic E-state index is 14.0. The lowest BCUT2D eigenvalue weighted by molar-refractivity contribution is -0.419. The number of nitro groups is 2. The lowest BCUT2D eigenvalue weighted by atomic mass is 9.89. The Labute approximate surface area is 195 Å². The molecule has 0 aliphatic carbocycles. The van der Waals surface area contributed by atoms with Crippen molar-refractivity contribution in [3.05, 3.63) is 38.4 Å². The molecule has 0 amide bonds. The van der Waals surface area contributed by atoms with Crippen LogP contribution in [0.5, 0.6) is 0 Å². The van der Waals surface area contributed by atoms with E-state index in [-0.39, 0.29) is 13.1 Å². The van der Waals surface area contributed by atoms with E-state index in [0.29, 0.717) is 18.2 Å². The molecule has 36 heavy (non-hydrogen) atoms. The van der Waals surface area contributed by atoms with Crippen molar-refractivity contribution in [2.45, 2.75) is 41.9 Å². The molecule has 8 nitrogen and oxygen atoms in total. The number of nitrogens with one attached hydrogen (secondary N) is 1. The van der Waals surface area contributed by atoms with Crippen LogP contribution < -0.4 is 5.43 Å². The topological polar surface area (TPSA) is 111 Å². The molecular formula is C15H9ClF12N4O4. The predicted octanol–water partition coefficient (Wildman–Crippen LogP) is 6.54. The van der Waals surface area contributed by atoms with Crippen LogP contribution in [0.2, 0.25) is 0 Å². The minimum Gasteiger partial charge on any atom is -0.272 e. The zero-order valence-corrected chi connectivity index (χ0v) is 17.5. The number of benzene rings is 1. The molecule has 1 unspecified atom stereocenters. The molecule has 1 N–H and O–H groups in total. The van der Waals surface area contributed by atoms with Crippen LogP contribution >= 0.6 is 11.6 Å². The average molecular weight is 573 g/mol. The summed E-state index contributed by atoms with van der Waals surface area (Å²) in [6.45, 7) is -0.0636. The fourth-order valence-corrected chi connectivity index (χ4v) is 2.38. The van der Waals surface area contributed by atoms with Gasteiger partial charge in [0.15, 0.2) is 0 Å². The average Bonchev–Trinajstić information content (AvgIpc) is 2.71. The molecule has 1 rings (SSSR count). The van der Waals surface area contributed by atoms with E-state index in [0.717, 1.165) is 0 Å². The monoisotopic (exact) mass is 572 g/mol. The first-order valence-electron chi connectivity index (χ1n) is 8.55. The minimum atomic E-state index is -7.82. The highest BCUT2D eigenvalue weighted by Crippen LogP contribution is 2.61. The molecule has 204 valence electrons. The van der Waals surface area contributed by atoms with Crippen LogP contribution in [0.25, 0.3) is 0 Å². The van der Waals surface area contributed by atoms with E-state index in [2.05, 4.69) is 16.7 Å². The number of rotatable bonds is 11. The van der Waals surface area contributed by atoms with Gasteiger partial charge in [0.1, 0.15) is 5.69 Å². The van der Waals surface area contributed by atoms with Gasteiger partial charge in [0.2, 0.25) is 0 Å². The second kappa shape index (κ2) is 9.43. The Morgan fingerprint density at radius 3 is 1.75 bits per heavy atom. The molecule has 0 saturated carbocycles. The van der Waals surface area contributed by atoms with E-state index in [1.807, 2.05) is 0 Å². The van der Waals surface area contributed by atoms with Crippen molar-refractivity contribution in [1.82, 2.24) is 0 Å². The molecule has 0 heterocycles. The maximum absolute atomic E-state index is 14.0. The van der Waals surface area contributed by atoms with Crippen molar-refractivity contribution in [1.29, 1.82) is 0 Å². The Bertz CT molecular complexity index is 1050. The molecule has 1 aromatic rings. The highest BCUT2D eigenvalue weighted by Gasteiger charge is 2.90. The second-order valence-electron chi connectivity index (χ2n) is 6.81. The summed E-state index contributed by atoms with van der Waals surface area (Å²) in [5.74, 6) is -40.2. The number of nitrogens with zero attached hydrogens (tertiary/aromatic N) is 3. The number of non-ortho nitro benzene ring substituents is 1. The third-order valence-corrected chi connectivity index (χ3v) is 4.64. The lowest BCUT2D eigenvalue weighted by Crippen LogP contribution is -2.70. The molecule has 0 radical (unpaired) electrons. The fourth-order valence-electron chi connectivity index (χ4n) is 2.26. The summed E-state index contributed by atoms with van der Waals surface area (Å²) in [5, 5.41) is 17.8. The van der Waals surface area contributed by atoms with E-state index >= 15 is 0 Å². The first-order valence-corrected chi connectivity index (χ1v) is 8.93. The SMILES string of the molecule is CC(C=NNc1ccc([N+](=O)[O-])cc1[N+](=O)[O-])C(F)(F)C(F)(F)C(F)(F)C(F)(F)C(F)(F)C(F)(F)Cl. The zero-order chi connectivity index (χ0) is 28.7. The fraction of sp³-hybridized carbons (Fsp3) is 0.533. The summed E-state index contributed by atoms with van der Waals surface area (Å²) >= 11 is 3.59. The molecule has 0 saturated heterocycles. The third-order valence-electron chi connectivity index (χ3n) is 4.40. The number of hydrogen-bond acceptors (Lipinski definition) is 6. The summed E-state index contributed by atoms with van der Waals surface area (Å²) in [6, 6.07) is 1.57. The second-order valence-corrected chi connectivity index (χ2v) is 7.29. The van der Waals surface area contributed by atoms with Gasteiger partial charge in [-0.05, 0) is 17.7 Å². The molecule has 21 heteroatoms. The van der Waals surface area contributed by atoms with Crippen molar-refractivity contribution in [2.75, 3.05) is 5.43 Å². The van der Waals surface area contributed by atoms with Crippen LogP contribution in [-0.4, -0.2) is 51.1 Å². The first-order chi connectivity index (χ1) is 15.9. The van der Waals surface area contributed by atoms with Crippen LogP contribution in [-0.2, 0) is 0 Å². The van der Waals surface area contributed by atoms with Crippen LogP contribution in [0.15, 0.2) is 23.3 Å². The number of hydrazone groups is 1. The van der Waals surface area contributed by atoms with Gasteiger partial charge in [0, 0.05) is 12.3 Å². The minimum absolute atomic E-state index is 0.0636. The van der Waals surface area contributed by atoms with Gasteiger partial charge in [0.25, 0.3) is 5.69 Å². The number of alkyl halides is 13. The molecule has 1 atom stereocenters. The van der Waals surface area contributed by atoms with Gasteiger partial charge in [-0.3, -0.25) is 25.7 Å². The molecule has 0 aromatic heterocycles. The quantitative estimate of drug-likeness (QED) is 0.106. The van der Waals surface area contributed by atoms with Gasteiger partial charge in [-0.1, -0.05) is 6.92 Å². The number of nitro benzene ring substituents is 2. The van der Waals surface area contributed by atoms with Crippen LogP contribution in [0.4, 0.5) is 69.7 Å². The summed E-state index contributed by atoms with van der Waals surface area (Å²) < 4.78 is 161. The van der Waals surface area contributed by atoms with Gasteiger partial charge in [-0.2, -0.15) is 57.8 Å². The van der Waals surface area contributed by atoms with Crippen LogP contribution in [0.3, 0.4) is 0 Å². The Balaban J connectivity index is 3.33. The molecule has 0 aliphatic heterocycles. The lowest BCUT2D eigenvalue weighted by Gasteiger charge is -2.41. The molecule has 0 bridgehead atoms. The maximum Gasteiger partial charge on any atom is 0.393 e. The van der Waals surface area contributed by atoms with E-state index in [9.17, 15) is 72.9 Å². The molecule has 1 aromatic carbocycles. The smallest absolute Gasteiger partial charge is 0.272 e. The molecular weight excluding hydrogens is 564 g/mol. The van der Waals surface area contributed by atoms with Crippen molar-refractivity contribution in [3.8, 4) is 0 Å². The normalized spacial score (nSPS) is 15.2. The number of hydrogen-bond donors (Lipinski definition) is 1. The highest BCUT2D eigenvalue weighted by atomic mass is 35.5. The molecule has 0 fully saturated rings. The van der Waals surface area contributed by atoms with Gasteiger partial charge >= 0.3 is 40.7 Å². The number of anilines is 1.